The van der Waals surface area contributed by atoms with Gasteiger partial charge in [-0.05, 0) is 42.1 Å². The zero-order valence-electron chi connectivity index (χ0n) is 7.46. The van der Waals surface area contributed by atoms with Crippen molar-refractivity contribution in [2.45, 2.75) is 18.7 Å². The van der Waals surface area contributed by atoms with E-state index in [4.69, 9.17) is 0 Å². The minimum Gasteiger partial charge on any atom is -0.768 e. The van der Waals surface area contributed by atoms with E-state index in [9.17, 15) is 8.76 Å². The van der Waals surface area contributed by atoms with Gasteiger partial charge in [0.2, 0.25) is 0 Å². The van der Waals surface area contributed by atoms with Crippen LogP contribution in [0.15, 0.2) is 23.1 Å². The molecule has 0 radical (unpaired) electrons. The molecule has 2 nitrogen and oxygen atoms in total. The van der Waals surface area contributed by atoms with Crippen molar-refractivity contribution >= 4 is 11.1 Å². The normalized spacial score (nSPS) is 11.9. The summed E-state index contributed by atoms with van der Waals surface area (Å²) < 4.78 is 21.1. The fraction of sp³-hybridized carbons (Fsp3) is 0.250. The van der Waals surface area contributed by atoms with Crippen LogP contribution in [0.25, 0.3) is 0 Å². The van der Waals surface area contributed by atoms with Gasteiger partial charge in [0.1, 0.15) is 0 Å². The molecule has 1 aromatic carbocycles. The van der Waals surface area contributed by atoms with Gasteiger partial charge in [-0.3, -0.25) is 4.21 Å². The number of aryl methyl sites for hydroxylation is 2. The maximum Gasteiger partial charge on any atom is 1.00 e. The minimum atomic E-state index is -2.10. The van der Waals surface area contributed by atoms with Gasteiger partial charge < -0.3 is 4.55 Å². The molecule has 0 bridgehead atoms. The average molecular weight is 176 g/mol. The summed E-state index contributed by atoms with van der Waals surface area (Å²) in [6.45, 7) is 3.65. The Morgan fingerprint density at radius 3 is 2.33 bits per heavy atom. The maximum atomic E-state index is 10.6. The molecule has 0 heterocycles. The minimum absolute atomic E-state index is 0. The van der Waals surface area contributed by atoms with Gasteiger partial charge in [0.15, 0.2) is 0 Å². The number of hydrogen-bond acceptors (Lipinski definition) is 2. The molecule has 0 aliphatic rings. The zero-order chi connectivity index (χ0) is 8.43. The quantitative estimate of drug-likeness (QED) is 0.388. The van der Waals surface area contributed by atoms with E-state index in [1.807, 2.05) is 13.0 Å². The van der Waals surface area contributed by atoms with Crippen molar-refractivity contribution in [3.8, 4) is 0 Å². The van der Waals surface area contributed by atoms with E-state index in [0.717, 1.165) is 11.1 Å². The second-order valence-electron chi connectivity index (χ2n) is 2.50. The first-order chi connectivity index (χ1) is 5.11. The molecule has 60 valence electrons. The van der Waals surface area contributed by atoms with Crippen LogP contribution in [0.3, 0.4) is 0 Å². The maximum absolute atomic E-state index is 10.6. The van der Waals surface area contributed by atoms with Gasteiger partial charge >= 0.3 is 18.9 Å². The summed E-state index contributed by atoms with van der Waals surface area (Å²) in [6.07, 6.45) is 0. The predicted molar refractivity (Wildman–Crippen MR) is 43.1 cm³/mol. The molecule has 12 heavy (non-hydrogen) atoms. The summed E-state index contributed by atoms with van der Waals surface area (Å²) in [7, 11) is 0. The molecular formula is C8H9LiO2S. The molecule has 1 aromatic rings. The van der Waals surface area contributed by atoms with Gasteiger partial charge in [-0.2, -0.15) is 0 Å². The Bertz CT molecular complexity index is 299. The second-order valence-corrected chi connectivity index (χ2v) is 3.41. The molecule has 1 rings (SSSR count). The van der Waals surface area contributed by atoms with Crippen LogP contribution in [0.2, 0.25) is 0 Å². The molecule has 0 aliphatic heterocycles. The Balaban J connectivity index is 0.00000121. The van der Waals surface area contributed by atoms with Gasteiger partial charge in [-0.25, -0.2) is 0 Å². The van der Waals surface area contributed by atoms with Crippen LogP contribution >= 0.6 is 0 Å². The SMILES string of the molecule is Cc1ccc(C)c(S(=O)[O-])c1.[Li+]. The molecule has 0 spiro atoms. The smallest absolute Gasteiger partial charge is 0.768 e. The van der Waals surface area contributed by atoms with Crippen LogP contribution in [0.1, 0.15) is 11.1 Å². The van der Waals surface area contributed by atoms with Crippen molar-refractivity contribution in [2.24, 2.45) is 0 Å². The summed E-state index contributed by atoms with van der Waals surface area (Å²) in [4.78, 5) is 0.394. The van der Waals surface area contributed by atoms with Crippen molar-refractivity contribution in [1.82, 2.24) is 0 Å². The molecule has 1 unspecified atom stereocenters. The fourth-order valence-electron chi connectivity index (χ4n) is 0.887. The van der Waals surface area contributed by atoms with Crippen LogP contribution < -0.4 is 18.9 Å². The fourth-order valence-corrected chi connectivity index (χ4v) is 1.50. The Hall–Kier alpha value is -0.0726. The number of hydrogen-bond donors (Lipinski definition) is 0. The molecule has 0 aromatic heterocycles. The Morgan fingerprint density at radius 1 is 1.33 bits per heavy atom. The molecule has 0 N–H and O–H groups in total. The zero-order valence-corrected chi connectivity index (χ0v) is 8.27. The van der Waals surface area contributed by atoms with Crippen molar-refractivity contribution in [3.05, 3.63) is 29.3 Å². The van der Waals surface area contributed by atoms with E-state index in [1.54, 1.807) is 19.1 Å². The standard InChI is InChI=1S/C8H10O2S.Li/c1-6-3-4-7(2)8(5-6)11(9)10;/h3-5H,1-2H3,(H,9,10);/q;+1/p-1. The van der Waals surface area contributed by atoms with Crippen molar-refractivity contribution in [3.63, 3.8) is 0 Å². The van der Waals surface area contributed by atoms with Crippen LogP contribution in [0, 0.1) is 13.8 Å². The van der Waals surface area contributed by atoms with E-state index in [-0.39, 0.29) is 18.9 Å². The van der Waals surface area contributed by atoms with E-state index < -0.39 is 11.1 Å². The topological polar surface area (TPSA) is 40.1 Å². The molecule has 0 amide bonds. The molecule has 0 fully saturated rings. The van der Waals surface area contributed by atoms with Crippen molar-refractivity contribution in [1.29, 1.82) is 0 Å². The van der Waals surface area contributed by atoms with Crippen molar-refractivity contribution in [2.75, 3.05) is 0 Å². The van der Waals surface area contributed by atoms with Crippen LogP contribution in [0.5, 0.6) is 0 Å². The molecule has 1 atom stereocenters. The Labute approximate surface area is 86.8 Å². The van der Waals surface area contributed by atoms with Gasteiger partial charge in [0.05, 0.1) is 0 Å². The van der Waals surface area contributed by atoms with Crippen molar-refractivity contribution < 1.29 is 27.6 Å². The third-order valence-corrected chi connectivity index (χ3v) is 2.32. The van der Waals surface area contributed by atoms with Gasteiger partial charge in [0.25, 0.3) is 0 Å². The second kappa shape index (κ2) is 4.83. The molecule has 4 heteroatoms. The molecule has 0 saturated carbocycles. The molecule has 0 saturated heterocycles. The Kier molecular flexibility index (Phi) is 4.80. The van der Waals surface area contributed by atoms with Crippen LogP contribution in [-0.2, 0) is 11.1 Å². The number of benzene rings is 1. The monoisotopic (exact) mass is 176 g/mol. The largest absolute Gasteiger partial charge is 1.00 e. The van der Waals surface area contributed by atoms with E-state index in [2.05, 4.69) is 0 Å². The first kappa shape index (κ1) is 11.9. The first-order valence-corrected chi connectivity index (χ1v) is 4.35. The summed E-state index contributed by atoms with van der Waals surface area (Å²) in [6, 6.07) is 5.37. The van der Waals surface area contributed by atoms with Gasteiger partial charge in [-0.1, -0.05) is 12.1 Å². The van der Waals surface area contributed by atoms with Gasteiger partial charge in [-0.15, -0.1) is 0 Å². The molecule has 0 aliphatic carbocycles. The van der Waals surface area contributed by atoms with Crippen LogP contribution in [0.4, 0.5) is 0 Å². The third-order valence-electron chi connectivity index (χ3n) is 1.52. The summed E-state index contributed by atoms with van der Waals surface area (Å²) in [5, 5.41) is 0. The van der Waals surface area contributed by atoms with Crippen LogP contribution in [-0.4, -0.2) is 8.76 Å². The summed E-state index contributed by atoms with van der Waals surface area (Å²) in [5.41, 5.74) is 1.76. The van der Waals surface area contributed by atoms with E-state index in [0.29, 0.717) is 4.90 Å². The third kappa shape index (κ3) is 2.76. The average Bonchev–Trinajstić information content (AvgIpc) is 1.94. The first-order valence-electron chi connectivity index (χ1n) is 3.28. The van der Waals surface area contributed by atoms with Gasteiger partial charge in [0, 0.05) is 4.90 Å². The predicted octanol–water partition coefficient (Wildman–Crippen LogP) is -1.45. The molecular weight excluding hydrogens is 167 g/mol. The Morgan fingerprint density at radius 2 is 1.92 bits per heavy atom. The summed E-state index contributed by atoms with van der Waals surface area (Å²) in [5.74, 6) is 0. The van der Waals surface area contributed by atoms with E-state index in [1.165, 1.54) is 0 Å². The summed E-state index contributed by atoms with van der Waals surface area (Å²) >= 11 is -2.10. The number of rotatable bonds is 1. The van der Waals surface area contributed by atoms with E-state index >= 15 is 0 Å².